The van der Waals surface area contributed by atoms with Gasteiger partial charge >= 0.3 is 0 Å². The third kappa shape index (κ3) is 6.94. The Bertz CT molecular complexity index is 809. The van der Waals surface area contributed by atoms with Crippen molar-refractivity contribution in [3.63, 3.8) is 0 Å². The van der Waals surface area contributed by atoms with E-state index in [0.29, 0.717) is 31.5 Å². The molecule has 1 saturated heterocycles. The van der Waals surface area contributed by atoms with Crippen molar-refractivity contribution >= 4 is 41.3 Å². The molecule has 0 amide bonds. The Labute approximate surface area is 195 Å². The number of hydrogen-bond donors (Lipinski definition) is 2. The van der Waals surface area contributed by atoms with Crippen LogP contribution >= 0.6 is 24.0 Å². The Hall–Kier alpha value is -2.20. The molecule has 0 bridgehead atoms. The van der Waals surface area contributed by atoms with Crippen LogP contribution in [0.5, 0.6) is 11.5 Å². The monoisotopic (exact) mass is 526 g/mol. The van der Waals surface area contributed by atoms with E-state index in [4.69, 9.17) is 19.9 Å². The molecule has 0 unspecified atom stereocenters. The van der Waals surface area contributed by atoms with Gasteiger partial charge in [-0.2, -0.15) is 0 Å². The van der Waals surface area contributed by atoms with E-state index in [-0.39, 0.29) is 24.0 Å². The highest BCUT2D eigenvalue weighted by Gasteiger charge is 2.11. The van der Waals surface area contributed by atoms with Crippen molar-refractivity contribution in [2.24, 2.45) is 10.7 Å². The second kappa shape index (κ2) is 12.5. The van der Waals surface area contributed by atoms with Crippen LogP contribution in [-0.4, -0.2) is 45.5 Å². The molecule has 2 aromatic carbocycles. The highest BCUT2D eigenvalue weighted by Crippen LogP contribution is 2.29. The van der Waals surface area contributed by atoms with Gasteiger partial charge in [0, 0.05) is 24.8 Å². The molecule has 0 spiro atoms. The fourth-order valence-corrected chi connectivity index (χ4v) is 3.13. The van der Waals surface area contributed by atoms with Gasteiger partial charge in [0.2, 0.25) is 0 Å². The Morgan fingerprint density at radius 2 is 1.77 bits per heavy atom. The maximum absolute atomic E-state index is 6.11. The van der Waals surface area contributed by atoms with Gasteiger partial charge in [0.25, 0.3) is 0 Å². The smallest absolute Gasteiger partial charge is 0.193 e. The summed E-state index contributed by atoms with van der Waals surface area (Å²) >= 11 is 0. The molecule has 1 aliphatic heterocycles. The highest BCUT2D eigenvalue weighted by atomic mass is 127. The Balaban J connectivity index is 0.00000320. The summed E-state index contributed by atoms with van der Waals surface area (Å²) in [4.78, 5) is 6.79. The molecule has 8 heteroatoms. The van der Waals surface area contributed by atoms with Crippen molar-refractivity contribution in [3.05, 3.63) is 48.0 Å². The van der Waals surface area contributed by atoms with Crippen molar-refractivity contribution in [1.29, 1.82) is 0 Å². The molecule has 7 nitrogen and oxygen atoms in total. The van der Waals surface area contributed by atoms with Gasteiger partial charge in [-0.1, -0.05) is 12.1 Å². The normalized spacial score (nSPS) is 14.1. The van der Waals surface area contributed by atoms with Crippen molar-refractivity contribution in [2.45, 2.75) is 20.4 Å². The SMILES string of the molecule is CCOc1ccc(OCC)c(NC(N)=NCc2ccc(N3CCOCC3)cc2)c1.I. The van der Waals surface area contributed by atoms with Gasteiger partial charge in [-0.3, -0.25) is 0 Å². The summed E-state index contributed by atoms with van der Waals surface area (Å²) in [5.74, 6) is 1.80. The predicted octanol–water partition coefficient (Wildman–Crippen LogP) is 3.87. The molecule has 0 atom stereocenters. The number of guanidine groups is 1. The number of aliphatic imine (C=N–C) groups is 1. The van der Waals surface area contributed by atoms with Gasteiger partial charge in [-0.25, -0.2) is 4.99 Å². The number of nitrogens with zero attached hydrogens (tertiary/aromatic N) is 2. The van der Waals surface area contributed by atoms with Gasteiger partial charge in [-0.05, 0) is 43.7 Å². The number of ether oxygens (including phenoxy) is 3. The number of benzene rings is 2. The minimum atomic E-state index is 0. The van der Waals surface area contributed by atoms with E-state index in [9.17, 15) is 0 Å². The van der Waals surface area contributed by atoms with Gasteiger partial charge in [-0.15, -0.1) is 24.0 Å². The zero-order chi connectivity index (χ0) is 20.5. The minimum absolute atomic E-state index is 0. The van der Waals surface area contributed by atoms with Crippen molar-refractivity contribution in [3.8, 4) is 11.5 Å². The Morgan fingerprint density at radius 3 is 2.43 bits per heavy atom. The number of halogens is 1. The first-order valence-electron chi connectivity index (χ1n) is 10.1. The Morgan fingerprint density at radius 1 is 1.07 bits per heavy atom. The van der Waals surface area contributed by atoms with E-state index in [1.165, 1.54) is 5.69 Å². The number of morpholine rings is 1. The van der Waals surface area contributed by atoms with E-state index < -0.39 is 0 Å². The van der Waals surface area contributed by atoms with Gasteiger partial charge in [0.1, 0.15) is 11.5 Å². The van der Waals surface area contributed by atoms with Crippen LogP contribution in [0.2, 0.25) is 0 Å². The first-order chi connectivity index (χ1) is 14.2. The molecular weight excluding hydrogens is 495 g/mol. The summed E-state index contributed by atoms with van der Waals surface area (Å²) in [5, 5.41) is 3.13. The molecule has 3 N–H and O–H groups in total. The van der Waals surface area contributed by atoms with Gasteiger partial charge in [0.05, 0.1) is 38.7 Å². The molecule has 30 heavy (non-hydrogen) atoms. The first kappa shape index (κ1) is 24.1. The van der Waals surface area contributed by atoms with Crippen LogP contribution in [-0.2, 0) is 11.3 Å². The molecule has 2 aromatic rings. The van der Waals surface area contributed by atoms with Crippen LogP contribution in [0.3, 0.4) is 0 Å². The lowest BCUT2D eigenvalue weighted by Gasteiger charge is -2.28. The van der Waals surface area contributed by atoms with Crippen LogP contribution in [0.4, 0.5) is 11.4 Å². The lowest BCUT2D eigenvalue weighted by Crippen LogP contribution is -2.36. The quantitative estimate of drug-likeness (QED) is 0.309. The van der Waals surface area contributed by atoms with Crippen molar-refractivity contribution in [1.82, 2.24) is 0 Å². The topological polar surface area (TPSA) is 81.3 Å². The molecule has 164 valence electrons. The summed E-state index contributed by atoms with van der Waals surface area (Å²) < 4.78 is 16.6. The summed E-state index contributed by atoms with van der Waals surface area (Å²) in [5.41, 5.74) is 9.15. The van der Waals surface area contributed by atoms with Crippen LogP contribution in [0, 0.1) is 0 Å². The molecule has 0 saturated carbocycles. The molecule has 0 aliphatic carbocycles. The number of rotatable bonds is 8. The third-order valence-electron chi connectivity index (χ3n) is 4.57. The maximum atomic E-state index is 6.11. The molecule has 0 radical (unpaired) electrons. The predicted molar refractivity (Wildman–Crippen MR) is 133 cm³/mol. The molecule has 1 heterocycles. The third-order valence-corrected chi connectivity index (χ3v) is 4.57. The van der Waals surface area contributed by atoms with E-state index in [0.717, 1.165) is 43.3 Å². The molecule has 0 aromatic heterocycles. The summed E-state index contributed by atoms with van der Waals surface area (Å²) in [6, 6.07) is 14.0. The molecule has 1 fully saturated rings. The average molecular weight is 526 g/mol. The second-order valence-electron chi connectivity index (χ2n) is 6.62. The van der Waals surface area contributed by atoms with E-state index >= 15 is 0 Å². The standard InChI is InChI=1S/C22H30N4O3.HI/c1-3-28-19-9-10-21(29-4-2)20(15-19)25-22(23)24-16-17-5-7-18(8-6-17)26-11-13-27-14-12-26;/h5-10,15H,3-4,11-14,16H2,1-2H3,(H3,23,24,25);1H. The summed E-state index contributed by atoms with van der Waals surface area (Å²) in [6.45, 7) is 8.96. The number of hydrogen-bond acceptors (Lipinski definition) is 5. The maximum Gasteiger partial charge on any atom is 0.193 e. The van der Waals surface area contributed by atoms with Crippen molar-refractivity contribution < 1.29 is 14.2 Å². The van der Waals surface area contributed by atoms with Crippen LogP contribution < -0.4 is 25.4 Å². The second-order valence-corrected chi connectivity index (χ2v) is 6.62. The molecule has 1 aliphatic rings. The van der Waals surface area contributed by atoms with E-state index in [2.05, 4.69) is 39.5 Å². The summed E-state index contributed by atoms with van der Waals surface area (Å²) in [6.07, 6.45) is 0. The van der Waals surface area contributed by atoms with Gasteiger partial charge < -0.3 is 30.2 Å². The number of nitrogens with two attached hydrogens (primary N) is 1. The summed E-state index contributed by atoms with van der Waals surface area (Å²) in [7, 11) is 0. The lowest BCUT2D eigenvalue weighted by atomic mass is 10.2. The minimum Gasteiger partial charge on any atom is -0.494 e. The Kier molecular flexibility index (Phi) is 10.0. The largest absolute Gasteiger partial charge is 0.494 e. The van der Waals surface area contributed by atoms with Crippen LogP contribution in [0.1, 0.15) is 19.4 Å². The lowest BCUT2D eigenvalue weighted by molar-refractivity contribution is 0.122. The van der Waals surface area contributed by atoms with E-state index in [1.54, 1.807) is 0 Å². The fourth-order valence-electron chi connectivity index (χ4n) is 3.13. The van der Waals surface area contributed by atoms with Crippen molar-refractivity contribution in [2.75, 3.05) is 49.7 Å². The average Bonchev–Trinajstić information content (AvgIpc) is 2.75. The fraction of sp³-hybridized carbons (Fsp3) is 0.409. The zero-order valence-electron chi connectivity index (χ0n) is 17.6. The first-order valence-corrected chi connectivity index (χ1v) is 10.1. The van der Waals surface area contributed by atoms with Crippen LogP contribution in [0.25, 0.3) is 0 Å². The number of anilines is 2. The molecular formula is C22H31IN4O3. The van der Waals surface area contributed by atoms with E-state index in [1.807, 2.05) is 32.0 Å². The number of nitrogens with one attached hydrogen (secondary N) is 1. The highest BCUT2D eigenvalue weighted by molar-refractivity contribution is 14.0. The molecule has 3 rings (SSSR count). The van der Waals surface area contributed by atoms with Gasteiger partial charge in [0.15, 0.2) is 5.96 Å². The zero-order valence-corrected chi connectivity index (χ0v) is 19.9. The van der Waals surface area contributed by atoms with Crippen LogP contribution in [0.15, 0.2) is 47.5 Å².